The number of allylic oxidation sites excluding steroid dienone is 2. The lowest BCUT2D eigenvalue weighted by Gasteiger charge is -2.20. The third kappa shape index (κ3) is 6.02. The van der Waals surface area contributed by atoms with Crippen LogP contribution in [0.25, 0.3) is 0 Å². The summed E-state index contributed by atoms with van der Waals surface area (Å²) >= 11 is 0. The molecular formula is C17H16O5. The van der Waals surface area contributed by atoms with E-state index in [1.165, 1.54) is 20.1 Å². The fraction of sp³-hybridized carbons (Fsp3) is 0.294. The summed E-state index contributed by atoms with van der Waals surface area (Å²) in [5, 5.41) is 0. The van der Waals surface area contributed by atoms with Crippen molar-refractivity contribution < 1.29 is 23.5 Å². The molecular weight excluding hydrogens is 284 g/mol. The molecule has 0 saturated heterocycles. The molecule has 0 aromatic carbocycles. The van der Waals surface area contributed by atoms with E-state index < -0.39 is 24.1 Å². The predicted molar refractivity (Wildman–Crippen MR) is 79.1 cm³/mol. The van der Waals surface area contributed by atoms with Gasteiger partial charge in [-0.25, -0.2) is 0 Å². The van der Waals surface area contributed by atoms with Crippen LogP contribution in [0.2, 0.25) is 0 Å². The zero-order valence-electron chi connectivity index (χ0n) is 12.6. The van der Waals surface area contributed by atoms with E-state index in [1.54, 1.807) is 24.3 Å². The van der Waals surface area contributed by atoms with Crippen molar-refractivity contribution in [1.82, 2.24) is 0 Å². The van der Waals surface area contributed by atoms with Crippen molar-refractivity contribution in [3.63, 3.8) is 0 Å². The highest BCUT2D eigenvalue weighted by molar-refractivity contribution is 5.68. The number of hydrogen-bond acceptors (Lipinski definition) is 5. The van der Waals surface area contributed by atoms with E-state index in [0.717, 1.165) is 0 Å². The average molecular weight is 300 g/mol. The Kier molecular flexibility index (Phi) is 7.08. The first kappa shape index (κ1) is 17.1. The predicted octanol–water partition coefficient (Wildman–Crippen LogP) is 2.40. The Labute approximate surface area is 129 Å². The van der Waals surface area contributed by atoms with Gasteiger partial charge in [0.15, 0.2) is 0 Å². The van der Waals surface area contributed by atoms with Gasteiger partial charge in [-0.05, 0) is 42.9 Å². The monoisotopic (exact) mass is 300 g/mol. The minimum atomic E-state index is -1.01. The molecule has 2 atom stereocenters. The second-order valence-electron chi connectivity index (χ2n) is 4.11. The number of rotatable bonds is 4. The highest BCUT2D eigenvalue weighted by atomic mass is 16.6. The standard InChI is InChI=1S/C17H16O5/c1-4-5-6-7-8-10-16(21-13(2)18)17(22-14(3)19)15-11-9-12-20-15/h4-5,9,11-12,16-17H,1-3H3/b5-4+/t16-,17+/m0/s1. The molecule has 5 heteroatoms. The summed E-state index contributed by atoms with van der Waals surface area (Å²) in [6, 6.07) is 3.24. The first-order valence-corrected chi connectivity index (χ1v) is 6.54. The van der Waals surface area contributed by atoms with Gasteiger partial charge in [0.1, 0.15) is 5.76 Å². The first-order valence-electron chi connectivity index (χ1n) is 6.54. The lowest BCUT2D eigenvalue weighted by atomic mass is 10.1. The summed E-state index contributed by atoms with van der Waals surface area (Å²) in [6.07, 6.45) is 2.87. The summed E-state index contributed by atoms with van der Waals surface area (Å²) in [7, 11) is 0. The summed E-state index contributed by atoms with van der Waals surface area (Å²) in [5.41, 5.74) is 0. The number of hydrogen-bond donors (Lipinski definition) is 0. The van der Waals surface area contributed by atoms with Crippen LogP contribution < -0.4 is 0 Å². The lowest BCUT2D eigenvalue weighted by molar-refractivity contribution is -0.162. The molecule has 1 heterocycles. The molecule has 0 aliphatic heterocycles. The van der Waals surface area contributed by atoms with Gasteiger partial charge in [-0.15, -0.1) is 0 Å². The summed E-state index contributed by atoms with van der Waals surface area (Å²) in [4.78, 5) is 22.5. The SMILES string of the molecule is C/C=C/C#CC#C[C@H](OC(C)=O)[C@H](OC(C)=O)c1ccco1. The highest BCUT2D eigenvalue weighted by Gasteiger charge is 2.29. The zero-order valence-corrected chi connectivity index (χ0v) is 12.6. The topological polar surface area (TPSA) is 65.7 Å². The van der Waals surface area contributed by atoms with Gasteiger partial charge in [0.2, 0.25) is 12.2 Å². The van der Waals surface area contributed by atoms with Gasteiger partial charge in [-0.3, -0.25) is 9.59 Å². The van der Waals surface area contributed by atoms with Crippen molar-refractivity contribution in [2.75, 3.05) is 0 Å². The minimum absolute atomic E-state index is 0.331. The molecule has 0 aliphatic carbocycles. The third-order valence-electron chi connectivity index (χ3n) is 2.28. The molecule has 0 aliphatic rings. The number of ether oxygens (including phenoxy) is 2. The van der Waals surface area contributed by atoms with Crippen LogP contribution >= 0.6 is 0 Å². The van der Waals surface area contributed by atoms with E-state index in [0.29, 0.717) is 5.76 Å². The van der Waals surface area contributed by atoms with E-state index in [1.807, 2.05) is 6.92 Å². The fourth-order valence-electron chi connectivity index (χ4n) is 1.52. The van der Waals surface area contributed by atoms with Crippen LogP contribution in [0.1, 0.15) is 32.6 Å². The second kappa shape index (κ2) is 9.10. The highest BCUT2D eigenvalue weighted by Crippen LogP contribution is 2.24. The molecule has 0 saturated carbocycles. The number of furan rings is 1. The van der Waals surface area contributed by atoms with Gasteiger partial charge in [0, 0.05) is 13.8 Å². The van der Waals surface area contributed by atoms with E-state index in [-0.39, 0.29) is 0 Å². The molecule has 0 bridgehead atoms. The number of carbonyl (C=O) groups excluding carboxylic acids is 2. The van der Waals surface area contributed by atoms with Crippen LogP contribution in [0.4, 0.5) is 0 Å². The van der Waals surface area contributed by atoms with Gasteiger partial charge in [0.25, 0.3) is 0 Å². The van der Waals surface area contributed by atoms with Gasteiger partial charge in [-0.2, -0.15) is 0 Å². The van der Waals surface area contributed by atoms with Crippen LogP contribution in [0, 0.1) is 23.7 Å². The van der Waals surface area contributed by atoms with Crippen molar-refractivity contribution in [2.45, 2.75) is 33.0 Å². The maximum absolute atomic E-state index is 11.3. The normalized spacial score (nSPS) is 12.3. The van der Waals surface area contributed by atoms with Gasteiger partial charge < -0.3 is 13.9 Å². The molecule has 5 nitrogen and oxygen atoms in total. The lowest BCUT2D eigenvalue weighted by Crippen LogP contribution is -2.26. The molecule has 0 fully saturated rings. The summed E-state index contributed by atoms with van der Waals surface area (Å²) in [6.45, 7) is 4.32. The number of carbonyl (C=O) groups is 2. The Bertz CT molecular complexity index is 647. The molecule has 1 aromatic rings. The minimum Gasteiger partial charge on any atom is -0.465 e. The maximum atomic E-state index is 11.3. The molecule has 0 unspecified atom stereocenters. The molecule has 1 aromatic heterocycles. The number of esters is 2. The Balaban J connectivity index is 3.06. The third-order valence-corrected chi connectivity index (χ3v) is 2.28. The van der Waals surface area contributed by atoms with Crippen molar-refractivity contribution in [3.8, 4) is 23.7 Å². The van der Waals surface area contributed by atoms with Crippen molar-refractivity contribution in [1.29, 1.82) is 0 Å². The largest absolute Gasteiger partial charge is 0.465 e. The first-order chi connectivity index (χ1) is 10.5. The second-order valence-corrected chi connectivity index (χ2v) is 4.11. The van der Waals surface area contributed by atoms with Crippen LogP contribution in [0.5, 0.6) is 0 Å². The Morgan fingerprint density at radius 2 is 1.95 bits per heavy atom. The van der Waals surface area contributed by atoms with Crippen molar-refractivity contribution in [3.05, 3.63) is 36.3 Å². The molecule has 22 heavy (non-hydrogen) atoms. The van der Waals surface area contributed by atoms with Crippen molar-refractivity contribution >= 4 is 11.9 Å². The Morgan fingerprint density at radius 3 is 2.50 bits per heavy atom. The van der Waals surface area contributed by atoms with E-state index in [2.05, 4.69) is 23.7 Å². The quantitative estimate of drug-likeness (QED) is 0.631. The smallest absolute Gasteiger partial charge is 0.304 e. The van der Waals surface area contributed by atoms with Gasteiger partial charge in [-0.1, -0.05) is 12.0 Å². The van der Waals surface area contributed by atoms with E-state index in [9.17, 15) is 9.59 Å². The van der Waals surface area contributed by atoms with E-state index >= 15 is 0 Å². The van der Waals surface area contributed by atoms with Crippen LogP contribution in [-0.4, -0.2) is 18.0 Å². The molecule has 1 rings (SSSR count). The average Bonchev–Trinajstić information content (AvgIpc) is 2.96. The Hall–Kier alpha value is -2.92. The van der Waals surface area contributed by atoms with E-state index in [4.69, 9.17) is 13.9 Å². The molecule has 0 spiro atoms. The molecule has 114 valence electrons. The van der Waals surface area contributed by atoms with Crippen molar-refractivity contribution in [2.24, 2.45) is 0 Å². The molecule has 0 N–H and O–H groups in total. The zero-order chi connectivity index (χ0) is 16.4. The van der Waals surface area contributed by atoms with Crippen LogP contribution in [-0.2, 0) is 19.1 Å². The maximum Gasteiger partial charge on any atom is 0.304 e. The van der Waals surface area contributed by atoms with Crippen LogP contribution in [0.3, 0.4) is 0 Å². The molecule has 0 amide bonds. The Morgan fingerprint density at radius 1 is 1.23 bits per heavy atom. The van der Waals surface area contributed by atoms with Crippen LogP contribution in [0.15, 0.2) is 35.0 Å². The van der Waals surface area contributed by atoms with Gasteiger partial charge in [0.05, 0.1) is 6.26 Å². The fourth-order valence-corrected chi connectivity index (χ4v) is 1.52. The molecule has 0 radical (unpaired) electrons. The summed E-state index contributed by atoms with van der Waals surface area (Å²) < 4.78 is 15.5. The van der Waals surface area contributed by atoms with Gasteiger partial charge >= 0.3 is 11.9 Å². The summed E-state index contributed by atoms with van der Waals surface area (Å²) in [5.74, 6) is 9.74.